The minimum Gasteiger partial charge on any atom is -0.382 e. The first-order valence-electron chi connectivity index (χ1n) is 7.29. The predicted molar refractivity (Wildman–Crippen MR) is 84.4 cm³/mol. The highest BCUT2D eigenvalue weighted by Gasteiger charge is 2.25. The van der Waals surface area contributed by atoms with Gasteiger partial charge in [-0.25, -0.2) is 0 Å². The smallest absolute Gasteiger partial charge is 0.252 e. The Morgan fingerprint density at radius 3 is 2.70 bits per heavy atom. The molecule has 1 fully saturated rings. The van der Waals surface area contributed by atoms with Crippen molar-refractivity contribution in [2.75, 3.05) is 12.4 Å². The zero-order chi connectivity index (χ0) is 14.7. The molecule has 20 heavy (non-hydrogen) atoms. The topological polar surface area (TPSA) is 41.1 Å². The number of carbonyl (C=O) groups is 1. The van der Waals surface area contributed by atoms with Gasteiger partial charge < -0.3 is 10.6 Å². The van der Waals surface area contributed by atoms with E-state index >= 15 is 0 Å². The van der Waals surface area contributed by atoms with E-state index in [4.69, 9.17) is 11.6 Å². The van der Waals surface area contributed by atoms with Gasteiger partial charge in [0, 0.05) is 18.8 Å². The molecule has 1 aliphatic rings. The van der Waals surface area contributed by atoms with Gasteiger partial charge in [-0.2, -0.15) is 0 Å². The number of benzene rings is 1. The van der Waals surface area contributed by atoms with Gasteiger partial charge in [-0.05, 0) is 49.3 Å². The van der Waals surface area contributed by atoms with Gasteiger partial charge in [0.25, 0.3) is 5.91 Å². The molecule has 2 N–H and O–H groups in total. The summed E-state index contributed by atoms with van der Waals surface area (Å²) in [7, 11) is 1.61. The maximum Gasteiger partial charge on any atom is 0.252 e. The van der Waals surface area contributed by atoms with E-state index in [1.807, 2.05) is 12.1 Å². The summed E-state index contributed by atoms with van der Waals surface area (Å²) in [5, 5.41) is 6.66. The zero-order valence-corrected chi connectivity index (χ0v) is 13.1. The normalized spacial score (nSPS) is 26.1. The van der Waals surface area contributed by atoms with Gasteiger partial charge in [0.15, 0.2) is 0 Å². The van der Waals surface area contributed by atoms with Crippen LogP contribution in [0.5, 0.6) is 0 Å². The van der Waals surface area contributed by atoms with Gasteiger partial charge in [0.2, 0.25) is 0 Å². The molecule has 0 heterocycles. The molecule has 0 radical (unpaired) electrons. The number of anilines is 1. The summed E-state index contributed by atoms with van der Waals surface area (Å²) in [5.74, 6) is 1.32. The fraction of sp³-hybridized carbons (Fsp3) is 0.562. The van der Waals surface area contributed by atoms with Gasteiger partial charge in [0.05, 0.1) is 10.6 Å². The molecule has 1 aromatic rings. The van der Waals surface area contributed by atoms with Crippen molar-refractivity contribution in [2.24, 2.45) is 11.8 Å². The molecule has 1 amide bonds. The number of hydrogen-bond acceptors (Lipinski definition) is 2. The van der Waals surface area contributed by atoms with Crippen LogP contribution in [0.4, 0.5) is 5.69 Å². The summed E-state index contributed by atoms with van der Waals surface area (Å²) in [6.45, 7) is 4.61. The van der Waals surface area contributed by atoms with Crippen molar-refractivity contribution in [3.8, 4) is 0 Å². The van der Waals surface area contributed by atoms with Crippen molar-refractivity contribution < 1.29 is 4.79 Å². The monoisotopic (exact) mass is 294 g/mol. The third kappa shape index (κ3) is 3.45. The first-order chi connectivity index (χ1) is 9.51. The number of carbonyl (C=O) groups excluding carboxylic acids is 1. The lowest BCUT2D eigenvalue weighted by Gasteiger charge is -2.34. The summed E-state index contributed by atoms with van der Waals surface area (Å²) in [6, 6.07) is 6.04. The molecule has 3 atom stereocenters. The summed E-state index contributed by atoms with van der Waals surface area (Å²) in [6.07, 6.45) is 3.70. The van der Waals surface area contributed by atoms with Crippen LogP contribution in [0.1, 0.15) is 43.5 Å². The van der Waals surface area contributed by atoms with E-state index in [1.165, 1.54) is 19.3 Å². The van der Waals surface area contributed by atoms with Gasteiger partial charge in [-0.1, -0.05) is 25.4 Å². The van der Waals surface area contributed by atoms with Crippen molar-refractivity contribution in [3.63, 3.8) is 0 Å². The lowest BCUT2D eigenvalue weighted by atomic mass is 9.80. The number of halogens is 1. The van der Waals surface area contributed by atoms with E-state index in [2.05, 4.69) is 24.5 Å². The van der Waals surface area contributed by atoms with Crippen molar-refractivity contribution in [1.82, 2.24) is 5.32 Å². The summed E-state index contributed by atoms with van der Waals surface area (Å²) in [5.41, 5.74) is 1.50. The zero-order valence-electron chi connectivity index (χ0n) is 12.4. The second kappa shape index (κ2) is 6.49. The molecule has 1 aliphatic carbocycles. The first-order valence-corrected chi connectivity index (χ1v) is 7.67. The van der Waals surface area contributed by atoms with Crippen LogP contribution in [-0.4, -0.2) is 19.0 Å². The molecule has 3 nitrogen and oxygen atoms in total. The molecule has 0 spiro atoms. The standard InChI is InChI=1S/C16H23ClN2O/c1-10-4-7-15(11(2)8-10)19-12-5-6-14(17)13(9-12)16(20)18-3/h5-6,9-11,15,19H,4,7-8H2,1-3H3,(H,18,20). The summed E-state index contributed by atoms with van der Waals surface area (Å²) >= 11 is 6.07. The van der Waals surface area contributed by atoms with Crippen LogP contribution >= 0.6 is 11.6 Å². The van der Waals surface area contributed by atoms with E-state index in [-0.39, 0.29) is 5.91 Å². The Morgan fingerprint density at radius 2 is 2.05 bits per heavy atom. The number of amides is 1. The molecule has 0 saturated heterocycles. The molecule has 4 heteroatoms. The maximum absolute atomic E-state index is 11.8. The minimum atomic E-state index is -0.149. The van der Waals surface area contributed by atoms with Crippen molar-refractivity contribution in [1.29, 1.82) is 0 Å². The van der Waals surface area contributed by atoms with E-state index in [1.54, 1.807) is 13.1 Å². The van der Waals surface area contributed by atoms with Crippen LogP contribution in [0, 0.1) is 11.8 Å². The van der Waals surface area contributed by atoms with Crippen LogP contribution in [0.25, 0.3) is 0 Å². The maximum atomic E-state index is 11.8. The second-order valence-corrected chi connectivity index (χ2v) is 6.33. The van der Waals surface area contributed by atoms with E-state index in [0.29, 0.717) is 22.5 Å². The highest BCUT2D eigenvalue weighted by molar-refractivity contribution is 6.34. The third-order valence-corrected chi connectivity index (χ3v) is 4.55. The Kier molecular flexibility index (Phi) is 4.92. The summed E-state index contributed by atoms with van der Waals surface area (Å²) < 4.78 is 0. The average Bonchev–Trinajstić information content (AvgIpc) is 2.43. The number of hydrogen-bond donors (Lipinski definition) is 2. The lowest BCUT2D eigenvalue weighted by molar-refractivity contribution is 0.0963. The highest BCUT2D eigenvalue weighted by atomic mass is 35.5. The van der Waals surface area contributed by atoms with Crippen LogP contribution in [0.15, 0.2) is 18.2 Å². The highest BCUT2D eigenvalue weighted by Crippen LogP contribution is 2.31. The number of rotatable bonds is 3. The molecule has 0 bridgehead atoms. The quantitative estimate of drug-likeness (QED) is 0.886. The predicted octanol–water partition coefficient (Wildman–Crippen LogP) is 3.94. The molecule has 2 rings (SSSR count). The Balaban J connectivity index is 2.12. The van der Waals surface area contributed by atoms with Gasteiger partial charge in [-0.3, -0.25) is 4.79 Å². The van der Waals surface area contributed by atoms with Crippen molar-refractivity contribution in [2.45, 2.75) is 39.2 Å². The van der Waals surface area contributed by atoms with E-state index in [0.717, 1.165) is 11.6 Å². The van der Waals surface area contributed by atoms with Crippen LogP contribution in [0.3, 0.4) is 0 Å². The Labute approximate surface area is 126 Å². The molecule has 1 saturated carbocycles. The molecule has 0 aromatic heterocycles. The minimum absolute atomic E-state index is 0.149. The molecule has 0 aliphatic heterocycles. The fourth-order valence-corrected chi connectivity index (χ4v) is 3.22. The summed E-state index contributed by atoms with van der Waals surface area (Å²) in [4.78, 5) is 11.8. The Bertz CT molecular complexity index is 489. The van der Waals surface area contributed by atoms with E-state index < -0.39 is 0 Å². The second-order valence-electron chi connectivity index (χ2n) is 5.92. The fourth-order valence-electron chi connectivity index (χ4n) is 3.02. The Morgan fingerprint density at radius 1 is 1.30 bits per heavy atom. The molecule has 110 valence electrons. The van der Waals surface area contributed by atoms with Gasteiger partial charge in [-0.15, -0.1) is 0 Å². The van der Waals surface area contributed by atoms with Crippen LogP contribution < -0.4 is 10.6 Å². The SMILES string of the molecule is CNC(=O)c1cc(NC2CCC(C)CC2C)ccc1Cl. The van der Waals surface area contributed by atoms with Gasteiger partial charge >= 0.3 is 0 Å². The van der Waals surface area contributed by atoms with Crippen LogP contribution in [-0.2, 0) is 0 Å². The average molecular weight is 295 g/mol. The van der Waals surface area contributed by atoms with Crippen LogP contribution in [0.2, 0.25) is 5.02 Å². The third-order valence-electron chi connectivity index (χ3n) is 4.22. The lowest BCUT2D eigenvalue weighted by Crippen LogP contribution is -2.33. The van der Waals surface area contributed by atoms with Gasteiger partial charge in [0.1, 0.15) is 0 Å². The first kappa shape index (κ1) is 15.2. The van der Waals surface area contributed by atoms with Crippen molar-refractivity contribution in [3.05, 3.63) is 28.8 Å². The molecular formula is C16H23ClN2O. The largest absolute Gasteiger partial charge is 0.382 e. The molecular weight excluding hydrogens is 272 g/mol. The number of nitrogens with one attached hydrogen (secondary N) is 2. The molecule has 1 aromatic carbocycles. The molecule has 3 unspecified atom stereocenters. The Hall–Kier alpha value is -1.22. The van der Waals surface area contributed by atoms with E-state index in [9.17, 15) is 4.79 Å². The van der Waals surface area contributed by atoms with Crippen molar-refractivity contribution >= 4 is 23.2 Å².